The largest absolute Gasteiger partial charge is 0.394 e. The van der Waals surface area contributed by atoms with Crippen LogP contribution in [0.1, 0.15) is 96.8 Å². The van der Waals surface area contributed by atoms with Gasteiger partial charge in [0.1, 0.15) is 6.23 Å². The zero-order valence-corrected chi connectivity index (χ0v) is 19.8. The molecular formula is C24H51NO5. The molecule has 0 aromatic rings. The fourth-order valence-corrected chi connectivity index (χ4v) is 3.35. The molecule has 0 fully saturated rings. The highest BCUT2D eigenvalue weighted by molar-refractivity contribution is 4.54. The lowest BCUT2D eigenvalue weighted by Crippen LogP contribution is -2.34. The number of aliphatic hydroxyl groups is 2. The van der Waals surface area contributed by atoms with Crippen molar-refractivity contribution in [1.82, 2.24) is 5.32 Å². The van der Waals surface area contributed by atoms with E-state index in [0.29, 0.717) is 33.0 Å². The molecule has 0 aliphatic rings. The normalized spacial score (nSPS) is 12.5. The van der Waals surface area contributed by atoms with Crippen LogP contribution in [0.3, 0.4) is 0 Å². The molecule has 0 saturated heterocycles. The zero-order valence-electron chi connectivity index (χ0n) is 19.8. The molecule has 0 aromatic heterocycles. The highest BCUT2D eigenvalue weighted by Gasteiger charge is 2.02. The lowest BCUT2D eigenvalue weighted by Gasteiger charge is -2.13. The molecule has 0 amide bonds. The molecule has 0 saturated carbocycles. The lowest BCUT2D eigenvalue weighted by molar-refractivity contribution is -0.0196. The van der Waals surface area contributed by atoms with Crippen molar-refractivity contribution >= 4 is 0 Å². The van der Waals surface area contributed by atoms with Crippen molar-refractivity contribution in [2.45, 2.75) is 103 Å². The van der Waals surface area contributed by atoms with E-state index >= 15 is 0 Å². The van der Waals surface area contributed by atoms with Gasteiger partial charge in [-0.1, -0.05) is 90.4 Å². The van der Waals surface area contributed by atoms with Gasteiger partial charge in [-0.05, 0) is 13.0 Å². The minimum atomic E-state index is -0.611. The SMILES string of the molecule is CCCCCCCCCCCCCCCCNC(O)COCCOCCOCCO. The minimum Gasteiger partial charge on any atom is -0.394 e. The van der Waals surface area contributed by atoms with Gasteiger partial charge < -0.3 is 24.4 Å². The van der Waals surface area contributed by atoms with E-state index in [1.54, 1.807) is 0 Å². The molecule has 0 radical (unpaired) electrons. The molecule has 1 unspecified atom stereocenters. The summed E-state index contributed by atoms with van der Waals surface area (Å²) in [5.41, 5.74) is 0. The van der Waals surface area contributed by atoms with E-state index < -0.39 is 6.23 Å². The molecule has 182 valence electrons. The summed E-state index contributed by atoms with van der Waals surface area (Å²) in [6, 6.07) is 0. The Balaban J connectivity index is 3.12. The fourth-order valence-electron chi connectivity index (χ4n) is 3.35. The van der Waals surface area contributed by atoms with E-state index in [2.05, 4.69) is 12.2 Å². The molecule has 0 rings (SSSR count). The van der Waals surface area contributed by atoms with Gasteiger partial charge >= 0.3 is 0 Å². The highest BCUT2D eigenvalue weighted by Crippen LogP contribution is 2.12. The Kier molecular flexibility index (Phi) is 26.6. The van der Waals surface area contributed by atoms with E-state index in [4.69, 9.17) is 19.3 Å². The Labute approximate surface area is 186 Å². The lowest BCUT2D eigenvalue weighted by atomic mass is 10.0. The van der Waals surface area contributed by atoms with Gasteiger partial charge in [0.25, 0.3) is 0 Å². The van der Waals surface area contributed by atoms with Crippen molar-refractivity contribution in [2.24, 2.45) is 0 Å². The molecular weight excluding hydrogens is 382 g/mol. The van der Waals surface area contributed by atoms with Crippen LogP contribution in [0, 0.1) is 0 Å². The van der Waals surface area contributed by atoms with E-state index in [9.17, 15) is 5.11 Å². The monoisotopic (exact) mass is 433 g/mol. The van der Waals surface area contributed by atoms with Gasteiger partial charge in [-0.2, -0.15) is 0 Å². The zero-order chi connectivity index (χ0) is 22.0. The molecule has 30 heavy (non-hydrogen) atoms. The predicted octanol–water partition coefficient (Wildman–Crippen LogP) is 4.42. The summed E-state index contributed by atoms with van der Waals surface area (Å²) >= 11 is 0. The maximum absolute atomic E-state index is 9.83. The van der Waals surface area contributed by atoms with Gasteiger partial charge in [0.05, 0.1) is 46.2 Å². The Hall–Kier alpha value is -0.240. The maximum atomic E-state index is 9.83. The van der Waals surface area contributed by atoms with Crippen molar-refractivity contribution in [1.29, 1.82) is 0 Å². The number of unbranched alkanes of at least 4 members (excludes halogenated alkanes) is 13. The van der Waals surface area contributed by atoms with Crippen molar-refractivity contribution in [3.8, 4) is 0 Å². The molecule has 0 aliphatic heterocycles. The van der Waals surface area contributed by atoms with Crippen LogP contribution in [0.2, 0.25) is 0 Å². The molecule has 1 atom stereocenters. The van der Waals surface area contributed by atoms with E-state index in [0.717, 1.165) is 13.0 Å². The summed E-state index contributed by atoms with van der Waals surface area (Å²) in [6.07, 6.45) is 18.4. The molecule has 6 heteroatoms. The first kappa shape index (κ1) is 29.8. The number of hydrogen-bond acceptors (Lipinski definition) is 6. The summed E-state index contributed by atoms with van der Waals surface area (Å²) < 4.78 is 15.8. The quantitative estimate of drug-likeness (QED) is 0.138. The average Bonchev–Trinajstić information content (AvgIpc) is 2.75. The average molecular weight is 434 g/mol. The number of nitrogens with one attached hydrogen (secondary N) is 1. The summed E-state index contributed by atoms with van der Waals surface area (Å²) in [6.45, 7) is 5.67. The number of aliphatic hydroxyl groups excluding tert-OH is 2. The second-order valence-corrected chi connectivity index (χ2v) is 8.09. The predicted molar refractivity (Wildman–Crippen MR) is 124 cm³/mol. The standard InChI is InChI=1S/C24H51NO5/c1-2-3-4-5-6-7-8-9-10-11-12-13-14-15-16-25-24(27)23-30-22-21-29-20-19-28-18-17-26/h24-27H,2-23H2,1H3. The van der Waals surface area contributed by atoms with Crippen LogP contribution < -0.4 is 5.32 Å². The number of hydrogen-bond donors (Lipinski definition) is 3. The third-order valence-corrected chi connectivity index (χ3v) is 5.17. The second-order valence-electron chi connectivity index (χ2n) is 8.09. The van der Waals surface area contributed by atoms with Gasteiger partial charge in [0.15, 0.2) is 0 Å². The summed E-state index contributed by atoms with van der Waals surface area (Å²) in [4.78, 5) is 0. The molecule has 0 aliphatic carbocycles. The number of ether oxygens (including phenoxy) is 3. The minimum absolute atomic E-state index is 0.0351. The van der Waals surface area contributed by atoms with Gasteiger partial charge in [-0.25, -0.2) is 0 Å². The van der Waals surface area contributed by atoms with Crippen LogP contribution in [-0.4, -0.2) is 69.2 Å². The maximum Gasteiger partial charge on any atom is 0.128 e. The van der Waals surface area contributed by atoms with Gasteiger partial charge in [0.2, 0.25) is 0 Å². The highest BCUT2D eigenvalue weighted by atomic mass is 16.5. The first-order chi connectivity index (χ1) is 14.8. The van der Waals surface area contributed by atoms with Gasteiger partial charge in [-0.3, -0.25) is 5.32 Å². The fraction of sp³-hybridized carbons (Fsp3) is 1.00. The van der Waals surface area contributed by atoms with Crippen molar-refractivity contribution in [3.63, 3.8) is 0 Å². The summed E-state index contributed by atoms with van der Waals surface area (Å²) in [5.74, 6) is 0. The molecule has 3 N–H and O–H groups in total. The van der Waals surface area contributed by atoms with E-state index in [-0.39, 0.29) is 13.2 Å². The van der Waals surface area contributed by atoms with Crippen LogP contribution >= 0.6 is 0 Å². The summed E-state index contributed by atoms with van der Waals surface area (Å²) in [7, 11) is 0. The van der Waals surface area contributed by atoms with E-state index in [1.807, 2.05) is 0 Å². The smallest absolute Gasteiger partial charge is 0.128 e. The van der Waals surface area contributed by atoms with E-state index in [1.165, 1.54) is 83.5 Å². The molecule has 0 heterocycles. The van der Waals surface area contributed by atoms with Crippen LogP contribution in [0.5, 0.6) is 0 Å². The molecule has 0 spiro atoms. The van der Waals surface area contributed by atoms with Crippen LogP contribution in [0.4, 0.5) is 0 Å². The Morgan fingerprint density at radius 1 is 0.600 bits per heavy atom. The van der Waals surface area contributed by atoms with Crippen LogP contribution in [0.15, 0.2) is 0 Å². The van der Waals surface area contributed by atoms with Crippen molar-refractivity contribution in [2.75, 3.05) is 52.8 Å². The Morgan fingerprint density at radius 3 is 1.53 bits per heavy atom. The van der Waals surface area contributed by atoms with Crippen molar-refractivity contribution in [3.05, 3.63) is 0 Å². The van der Waals surface area contributed by atoms with Crippen molar-refractivity contribution < 1.29 is 24.4 Å². The molecule has 0 aromatic carbocycles. The molecule has 0 bridgehead atoms. The first-order valence-electron chi connectivity index (χ1n) is 12.6. The van der Waals surface area contributed by atoms with Gasteiger partial charge in [-0.15, -0.1) is 0 Å². The van der Waals surface area contributed by atoms with Crippen LogP contribution in [-0.2, 0) is 14.2 Å². The van der Waals surface area contributed by atoms with Crippen LogP contribution in [0.25, 0.3) is 0 Å². The second kappa shape index (κ2) is 26.8. The summed E-state index contributed by atoms with van der Waals surface area (Å²) in [5, 5.41) is 21.5. The third kappa shape index (κ3) is 25.8. The third-order valence-electron chi connectivity index (χ3n) is 5.17. The Morgan fingerprint density at radius 2 is 1.03 bits per heavy atom. The Bertz CT molecular complexity index is 307. The number of rotatable bonds is 26. The first-order valence-corrected chi connectivity index (χ1v) is 12.6. The topological polar surface area (TPSA) is 80.2 Å². The molecule has 6 nitrogen and oxygen atoms in total. The van der Waals surface area contributed by atoms with Gasteiger partial charge in [0, 0.05) is 0 Å².